The first-order chi connectivity index (χ1) is 22.4. The lowest BCUT2D eigenvalue weighted by Crippen LogP contribution is -2.45. The van der Waals surface area contributed by atoms with Crippen LogP contribution in [-0.4, -0.2) is 73.5 Å². The first-order valence-electron chi connectivity index (χ1n) is 15.8. The van der Waals surface area contributed by atoms with Crippen molar-refractivity contribution < 1.29 is 33.4 Å². The molecule has 4 aliphatic heterocycles. The van der Waals surface area contributed by atoms with Gasteiger partial charge in [-0.05, 0) is 79.3 Å². The molecular formula is C35H36N4O7. The van der Waals surface area contributed by atoms with E-state index in [1.54, 1.807) is 52.3 Å². The lowest BCUT2D eigenvalue weighted by molar-refractivity contribution is -0.123. The van der Waals surface area contributed by atoms with Crippen LogP contribution in [-0.2, 0) is 16.1 Å². The Kier molecular flexibility index (Phi) is 8.21. The molecule has 4 heterocycles. The standard InChI is InChI=1S/C35H36N4O7/c40-32-21-45-29-15-25(14-28(16-29)44-20-23-3-4-23)34(42)37-30-18-38(19-31(30)46-27-11-5-22(6-12-27)17-36-32)35(43)24-7-9-26(10-8-24)39-13-1-2-33(39)41/h5-12,14-16,23,30-31H,1-4,13,17-21H2,(H,36,40)(H,37,42)/t30-,31-/m0/s1. The van der Waals surface area contributed by atoms with E-state index in [1.807, 2.05) is 24.3 Å². The third-order valence-corrected chi connectivity index (χ3v) is 8.76. The highest BCUT2D eigenvalue weighted by Crippen LogP contribution is 2.31. The molecule has 0 radical (unpaired) electrons. The highest BCUT2D eigenvalue weighted by molar-refractivity contribution is 5.98. The first kappa shape index (κ1) is 29.6. The van der Waals surface area contributed by atoms with Gasteiger partial charge in [-0.2, -0.15) is 0 Å². The van der Waals surface area contributed by atoms with Crippen LogP contribution in [0.5, 0.6) is 17.2 Å². The van der Waals surface area contributed by atoms with Gasteiger partial charge in [0.2, 0.25) is 5.91 Å². The molecule has 2 atom stereocenters. The van der Waals surface area contributed by atoms with Crippen molar-refractivity contribution in [3.8, 4) is 17.2 Å². The number of hydrogen-bond acceptors (Lipinski definition) is 7. The van der Waals surface area contributed by atoms with Gasteiger partial charge in [0, 0.05) is 48.9 Å². The van der Waals surface area contributed by atoms with Gasteiger partial charge in [0.05, 0.1) is 19.2 Å². The zero-order valence-corrected chi connectivity index (χ0v) is 25.4. The minimum atomic E-state index is -0.527. The van der Waals surface area contributed by atoms with Crippen molar-refractivity contribution in [3.63, 3.8) is 0 Å². The molecule has 2 N–H and O–H groups in total. The number of amides is 4. The van der Waals surface area contributed by atoms with Crippen LogP contribution in [0, 0.1) is 5.92 Å². The van der Waals surface area contributed by atoms with Gasteiger partial charge < -0.3 is 34.6 Å². The van der Waals surface area contributed by atoms with Gasteiger partial charge in [0.1, 0.15) is 23.4 Å². The van der Waals surface area contributed by atoms with Crippen LogP contribution < -0.4 is 29.7 Å². The molecular weight excluding hydrogens is 588 g/mol. The van der Waals surface area contributed by atoms with Crippen molar-refractivity contribution in [3.05, 3.63) is 83.4 Å². The normalized spacial score (nSPS) is 21.5. The van der Waals surface area contributed by atoms with Crippen molar-refractivity contribution in [2.75, 3.05) is 37.7 Å². The number of fused-ring (bicyclic) bond motifs is 7. The molecule has 0 spiro atoms. The SMILES string of the molecule is O=C1COc2cc(OCC3CC3)cc(c2)C(=O)N[C@H]2CN(C(=O)c3ccc(N4CCCC4=O)cc3)C[C@@H]2Oc2ccc(cc2)CN1. The minimum Gasteiger partial charge on any atom is -0.493 e. The second-order valence-corrected chi connectivity index (χ2v) is 12.3. The highest BCUT2D eigenvalue weighted by atomic mass is 16.5. The largest absolute Gasteiger partial charge is 0.493 e. The highest BCUT2D eigenvalue weighted by Gasteiger charge is 2.38. The Labute approximate surface area is 266 Å². The van der Waals surface area contributed by atoms with E-state index in [0.717, 1.165) is 30.5 Å². The van der Waals surface area contributed by atoms with Crippen molar-refractivity contribution >= 4 is 29.3 Å². The van der Waals surface area contributed by atoms with Crippen molar-refractivity contribution in [1.29, 1.82) is 0 Å². The van der Waals surface area contributed by atoms with Crippen molar-refractivity contribution in [2.45, 2.75) is 44.4 Å². The number of anilines is 1. The number of carbonyl (C=O) groups is 4. The molecule has 0 aromatic heterocycles. The molecule has 4 bridgehead atoms. The second kappa shape index (κ2) is 12.7. The molecule has 0 unspecified atom stereocenters. The van der Waals surface area contributed by atoms with E-state index in [-0.39, 0.29) is 43.3 Å². The number of carbonyl (C=O) groups excluding carboxylic acids is 4. The fourth-order valence-electron chi connectivity index (χ4n) is 5.97. The van der Waals surface area contributed by atoms with Crippen LogP contribution in [0.2, 0.25) is 0 Å². The predicted octanol–water partition coefficient (Wildman–Crippen LogP) is 3.31. The molecule has 3 aromatic carbocycles. The Balaban J connectivity index is 1.13. The molecule has 5 aliphatic rings. The Morgan fingerprint density at radius 1 is 0.935 bits per heavy atom. The quantitative estimate of drug-likeness (QED) is 0.446. The van der Waals surface area contributed by atoms with E-state index in [0.29, 0.717) is 60.4 Å². The molecule has 1 aliphatic carbocycles. The average Bonchev–Trinajstić information content (AvgIpc) is 3.68. The summed E-state index contributed by atoms with van der Waals surface area (Å²) < 4.78 is 18.1. The fraction of sp³-hybridized carbons (Fsp3) is 0.371. The molecule has 2 saturated heterocycles. The summed E-state index contributed by atoms with van der Waals surface area (Å²) in [7, 11) is 0. The van der Waals surface area contributed by atoms with E-state index >= 15 is 0 Å². The van der Waals surface area contributed by atoms with E-state index in [2.05, 4.69) is 10.6 Å². The molecule has 3 fully saturated rings. The van der Waals surface area contributed by atoms with Crippen LogP contribution >= 0.6 is 0 Å². The van der Waals surface area contributed by atoms with Crippen LogP contribution in [0.4, 0.5) is 5.69 Å². The predicted molar refractivity (Wildman–Crippen MR) is 168 cm³/mol. The third-order valence-electron chi connectivity index (χ3n) is 8.76. The number of benzene rings is 3. The molecule has 4 amide bonds. The number of nitrogens with zero attached hydrogens (tertiary/aromatic N) is 2. The molecule has 11 heteroatoms. The van der Waals surface area contributed by atoms with Gasteiger partial charge in [-0.3, -0.25) is 19.2 Å². The molecule has 3 aromatic rings. The summed E-state index contributed by atoms with van der Waals surface area (Å²) in [6.07, 6.45) is 3.07. The van der Waals surface area contributed by atoms with E-state index in [1.165, 1.54) is 0 Å². The Morgan fingerprint density at radius 2 is 1.74 bits per heavy atom. The van der Waals surface area contributed by atoms with Crippen LogP contribution in [0.25, 0.3) is 0 Å². The topological polar surface area (TPSA) is 127 Å². The summed E-state index contributed by atoms with van der Waals surface area (Å²) in [6, 6.07) is 18.8. The number of likely N-dealkylation sites (tertiary alicyclic amines) is 1. The smallest absolute Gasteiger partial charge is 0.258 e. The van der Waals surface area contributed by atoms with Gasteiger partial charge in [-0.15, -0.1) is 0 Å². The Hall–Kier alpha value is -5.06. The fourth-order valence-corrected chi connectivity index (χ4v) is 5.97. The maximum atomic E-state index is 13.7. The Morgan fingerprint density at radius 3 is 2.48 bits per heavy atom. The zero-order valence-electron chi connectivity index (χ0n) is 25.4. The van der Waals surface area contributed by atoms with Gasteiger partial charge in [0.25, 0.3) is 17.7 Å². The summed E-state index contributed by atoms with van der Waals surface area (Å²) in [5, 5.41) is 5.93. The second-order valence-electron chi connectivity index (χ2n) is 12.3. The molecule has 11 nitrogen and oxygen atoms in total. The monoisotopic (exact) mass is 624 g/mol. The summed E-state index contributed by atoms with van der Waals surface area (Å²) in [5.74, 6) is 1.15. The maximum Gasteiger partial charge on any atom is 0.258 e. The van der Waals surface area contributed by atoms with Crippen LogP contribution in [0.15, 0.2) is 66.7 Å². The van der Waals surface area contributed by atoms with Gasteiger partial charge in [-0.1, -0.05) is 12.1 Å². The van der Waals surface area contributed by atoms with Gasteiger partial charge in [0.15, 0.2) is 6.61 Å². The lowest BCUT2D eigenvalue weighted by atomic mass is 10.1. The van der Waals surface area contributed by atoms with E-state index in [9.17, 15) is 19.2 Å². The van der Waals surface area contributed by atoms with Crippen molar-refractivity contribution in [1.82, 2.24) is 15.5 Å². The summed E-state index contributed by atoms with van der Waals surface area (Å²) in [6.45, 7) is 1.82. The van der Waals surface area contributed by atoms with Crippen molar-refractivity contribution in [2.24, 2.45) is 5.92 Å². The lowest BCUT2D eigenvalue weighted by Gasteiger charge is -2.21. The average molecular weight is 625 g/mol. The zero-order chi connectivity index (χ0) is 31.6. The van der Waals surface area contributed by atoms with Crippen LogP contribution in [0.1, 0.15) is 52.0 Å². The molecule has 238 valence electrons. The third kappa shape index (κ3) is 6.78. The maximum absolute atomic E-state index is 13.7. The van der Waals surface area contributed by atoms with Gasteiger partial charge >= 0.3 is 0 Å². The molecule has 1 saturated carbocycles. The molecule has 46 heavy (non-hydrogen) atoms. The number of ether oxygens (including phenoxy) is 3. The number of nitrogens with one attached hydrogen (secondary N) is 2. The van der Waals surface area contributed by atoms with Crippen LogP contribution in [0.3, 0.4) is 0 Å². The van der Waals surface area contributed by atoms with Gasteiger partial charge in [-0.25, -0.2) is 0 Å². The Bertz CT molecular complexity index is 1640. The first-order valence-corrected chi connectivity index (χ1v) is 15.8. The minimum absolute atomic E-state index is 0.0887. The van der Waals surface area contributed by atoms with E-state index in [4.69, 9.17) is 14.2 Å². The molecule has 8 rings (SSSR count). The summed E-state index contributed by atoms with van der Waals surface area (Å²) >= 11 is 0. The number of hydrogen-bond donors (Lipinski definition) is 2. The van der Waals surface area contributed by atoms with E-state index < -0.39 is 12.1 Å². The number of rotatable bonds is 5. The summed E-state index contributed by atoms with van der Waals surface area (Å²) in [5.41, 5.74) is 2.47. The summed E-state index contributed by atoms with van der Waals surface area (Å²) in [4.78, 5) is 55.4.